The lowest BCUT2D eigenvalue weighted by Gasteiger charge is -2.38. The molecule has 0 aliphatic heterocycles. The smallest absolute Gasteiger partial charge is 0.254 e. The Morgan fingerprint density at radius 2 is 2.06 bits per heavy atom. The van der Waals surface area contributed by atoms with Gasteiger partial charge in [-0.2, -0.15) is 0 Å². The number of pyridine rings is 1. The van der Waals surface area contributed by atoms with E-state index in [1.807, 2.05) is 0 Å². The van der Waals surface area contributed by atoms with Gasteiger partial charge in [-0.3, -0.25) is 9.59 Å². The Bertz CT molecular complexity index is 955. The highest BCUT2D eigenvalue weighted by molar-refractivity contribution is 5.91. The molecule has 2 fully saturated rings. The van der Waals surface area contributed by atoms with Gasteiger partial charge in [0.1, 0.15) is 0 Å². The summed E-state index contributed by atoms with van der Waals surface area (Å²) in [5.74, 6) is -3.58. The topological polar surface area (TPSA) is 97.0 Å². The Balaban J connectivity index is 1.37. The van der Waals surface area contributed by atoms with Crippen molar-refractivity contribution in [2.24, 2.45) is 17.8 Å². The zero-order valence-electron chi connectivity index (χ0n) is 17.3. The van der Waals surface area contributed by atoms with E-state index in [4.69, 9.17) is 4.74 Å². The zero-order valence-corrected chi connectivity index (χ0v) is 17.3. The van der Waals surface area contributed by atoms with Gasteiger partial charge in [0.2, 0.25) is 17.3 Å². The molecule has 0 radical (unpaired) electrons. The molecule has 1 amide bonds. The highest BCUT2D eigenvalue weighted by Gasteiger charge is 2.47. The highest BCUT2D eigenvalue weighted by Crippen LogP contribution is 2.48. The van der Waals surface area contributed by atoms with Gasteiger partial charge in [0.25, 0.3) is 5.92 Å². The number of alkyl halides is 2. The minimum Gasteiger partial charge on any atom is -0.476 e. The first-order valence-electron chi connectivity index (χ1n) is 10.7. The number of nitrogens with one attached hydrogen (secondary N) is 2. The lowest BCUT2D eigenvalue weighted by Crippen LogP contribution is -2.38. The molecule has 2 N–H and O–H groups in total. The number of hydrogen-bond donors (Lipinski definition) is 2. The first-order chi connectivity index (χ1) is 14.8. The van der Waals surface area contributed by atoms with Crippen molar-refractivity contribution < 1.29 is 18.3 Å². The van der Waals surface area contributed by atoms with Gasteiger partial charge < -0.3 is 15.0 Å². The summed E-state index contributed by atoms with van der Waals surface area (Å²) in [6.45, 7) is 2.37. The molecular formula is C22H26F2N4O3. The Hall–Kier alpha value is -2.84. The monoisotopic (exact) mass is 432 g/mol. The predicted octanol–water partition coefficient (Wildman–Crippen LogP) is 3.75. The fourth-order valence-corrected chi connectivity index (χ4v) is 4.02. The molecule has 2 aromatic heterocycles. The van der Waals surface area contributed by atoms with Gasteiger partial charge in [0.15, 0.2) is 5.82 Å². The number of ether oxygens (including phenoxy) is 1. The quantitative estimate of drug-likeness (QED) is 0.695. The van der Waals surface area contributed by atoms with Crippen LogP contribution in [0.1, 0.15) is 50.5 Å². The van der Waals surface area contributed by atoms with Gasteiger partial charge in [0.05, 0.1) is 6.61 Å². The van der Waals surface area contributed by atoms with Gasteiger partial charge in [-0.25, -0.2) is 8.78 Å². The first-order valence-corrected chi connectivity index (χ1v) is 10.7. The van der Waals surface area contributed by atoms with E-state index < -0.39 is 17.8 Å². The summed E-state index contributed by atoms with van der Waals surface area (Å²) >= 11 is 0. The third kappa shape index (κ3) is 5.26. The number of aromatic amines is 1. The molecule has 0 bridgehead atoms. The molecule has 4 rings (SSSR count). The molecule has 2 aliphatic rings. The summed E-state index contributed by atoms with van der Waals surface area (Å²) in [7, 11) is 0. The van der Waals surface area contributed by atoms with Crippen LogP contribution >= 0.6 is 0 Å². The van der Waals surface area contributed by atoms with E-state index in [2.05, 4.69) is 20.5 Å². The van der Waals surface area contributed by atoms with Crippen LogP contribution in [0.25, 0.3) is 0 Å². The maximum atomic E-state index is 14.6. The minimum absolute atomic E-state index is 0.160. The standard InChI is InChI=1S/C22H26F2N4O3/c1-13(21(30)26-18-5-7-20(28-27-18)31-12-14-2-3-14)15-8-9-22(23,24)17(10-15)16-4-6-19(29)25-11-16/h4-7,11,13-15,17H,2-3,8-10,12H2,1H3,(H,25,29)(H,26,27,30)/t13-,15+,17-/m1/s1. The second-order valence-electron chi connectivity index (χ2n) is 8.62. The number of carbonyl (C=O) groups excluding carboxylic acids is 1. The Morgan fingerprint density at radius 3 is 2.71 bits per heavy atom. The van der Waals surface area contributed by atoms with Crippen LogP contribution in [0.3, 0.4) is 0 Å². The lowest BCUT2D eigenvalue weighted by molar-refractivity contribution is -0.124. The Labute approximate surface area is 178 Å². The largest absolute Gasteiger partial charge is 0.476 e. The number of anilines is 1. The highest BCUT2D eigenvalue weighted by atomic mass is 19.3. The second kappa shape index (κ2) is 8.72. The summed E-state index contributed by atoms with van der Waals surface area (Å²) in [6.07, 6.45) is 3.81. The average molecular weight is 432 g/mol. The minimum atomic E-state index is -2.88. The first kappa shape index (κ1) is 21.4. The molecule has 2 aromatic rings. The van der Waals surface area contributed by atoms with Crippen molar-refractivity contribution in [3.63, 3.8) is 0 Å². The Morgan fingerprint density at radius 1 is 1.26 bits per heavy atom. The van der Waals surface area contributed by atoms with Gasteiger partial charge in [-0.1, -0.05) is 13.0 Å². The van der Waals surface area contributed by atoms with Crippen molar-refractivity contribution in [3.8, 4) is 5.88 Å². The summed E-state index contributed by atoms with van der Waals surface area (Å²) in [5, 5.41) is 10.7. The van der Waals surface area contributed by atoms with E-state index in [0.717, 1.165) is 0 Å². The van der Waals surface area contributed by atoms with Crippen LogP contribution in [0, 0.1) is 17.8 Å². The fraction of sp³-hybridized carbons (Fsp3) is 0.545. The molecule has 0 spiro atoms. The number of hydrogen-bond acceptors (Lipinski definition) is 5. The van der Waals surface area contributed by atoms with Crippen molar-refractivity contribution in [1.82, 2.24) is 15.2 Å². The van der Waals surface area contributed by atoms with Crippen LogP contribution in [0.5, 0.6) is 5.88 Å². The molecule has 3 atom stereocenters. The van der Waals surface area contributed by atoms with Crippen LogP contribution < -0.4 is 15.6 Å². The number of nitrogens with zero attached hydrogens (tertiary/aromatic N) is 2. The van der Waals surface area contributed by atoms with Gasteiger partial charge in [-0.15, -0.1) is 10.2 Å². The van der Waals surface area contributed by atoms with Crippen molar-refractivity contribution in [2.75, 3.05) is 11.9 Å². The number of amides is 1. The van der Waals surface area contributed by atoms with Gasteiger partial charge in [-0.05, 0) is 49.1 Å². The van der Waals surface area contributed by atoms with E-state index in [0.29, 0.717) is 29.8 Å². The summed E-state index contributed by atoms with van der Waals surface area (Å²) in [4.78, 5) is 26.5. The molecule has 166 valence electrons. The molecule has 2 saturated carbocycles. The average Bonchev–Trinajstić information content (AvgIpc) is 3.58. The van der Waals surface area contributed by atoms with Crippen molar-refractivity contribution >= 4 is 11.7 Å². The van der Waals surface area contributed by atoms with E-state index in [1.54, 1.807) is 19.1 Å². The molecule has 9 heteroatoms. The number of rotatable bonds is 7. The van der Waals surface area contributed by atoms with E-state index in [9.17, 15) is 18.4 Å². The van der Waals surface area contributed by atoms with Crippen LogP contribution in [0.4, 0.5) is 14.6 Å². The fourth-order valence-electron chi connectivity index (χ4n) is 4.02. The molecule has 2 heterocycles. The predicted molar refractivity (Wildman–Crippen MR) is 110 cm³/mol. The van der Waals surface area contributed by atoms with Gasteiger partial charge in [0, 0.05) is 36.6 Å². The Kier molecular flexibility index (Phi) is 6.02. The van der Waals surface area contributed by atoms with Crippen molar-refractivity contribution in [2.45, 2.75) is 50.9 Å². The molecular weight excluding hydrogens is 406 g/mol. The third-order valence-corrected chi connectivity index (χ3v) is 6.28. The van der Waals surface area contributed by atoms with Crippen LogP contribution in [0.15, 0.2) is 35.3 Å². The summed E-state index contributed by atoms with van der Waals surface area (Å²) < 4.78 is 34.7. The maximum absolute atomic E-state index is 14.6. The number of halogens is 2. The summed E-state index contributed by atoms with van der Waals surface area (Å²) in [6, 6.07) is 5.97. The molecule has 0 aromatic carbocycles. The normalized spacial score (nSPS) is 23.7. The molecule has 2 aliphatic carbocycles. The molecule has 0 unspecified atom stereocenters. The van der Waals surface area contributed by atoms with Crippen molar-refractivity contribution in [1.29, 1.82) is 0 Å². The van der Waals surface area contributed by atoms with E-state index in [-0.39, 0.29) is 36.6 Å². The third-order valence-electron chi connectivity index (χ3n) is 6.28. The SMILES string of the molecule is C[C@@H](C(=O)Nc1ccc(OCC2CC2)nn1)[C@H]1CCC(F)(F)[C@@H](c2ccc(=O)[nH]c2)C1. The zero-order chi connectivity index (χ0) is 22.0. The van der Waals surface area contributed by atoms with E-state index >= 15 is 0 Å². The van der Waals surface area contributed by atoms with Crippen molar-refractivity contribution in [3.05, 3.63) is 46.4 Å². The molecule has 0 saturated heterocycles. The number of carbonyl (C=O) groups is 1. The second-order valence-corrected chi connectivity index (χ2v) is 8.62. The molecule has 7 nitrogen and oxygen atoms in total. The molecule has 31 heavy (non-hydrogen) atoms. The van der Waals surface area contributed by atoms with E-state index in [1.165, 1.54) is 31.2 Å². The van der Waals surface area contributed by atoms with Crippen LogP contribution in [-0.4, -0.2) is 33.6 Å². The summed E-state index contributed by atoms with van der Waals surface area (Å²) in [5.41, 5.74) is 0.0480. The maximum Gasteiger partial charge on any atom is 0.254 e. The number of H-pyrrole nitrogens is 1. The van der Waals surface area contributed by atoms with Gasteiger partial charge >= 0.3 is 0 Å². The number of aromatic nitrogens is 3. The van der Waals surface area contributed by atoms with Crippen LogP contribution in [-0.2, 0) is 4.79 Å². The lowest BCUT2D eigenvalue weighted by atomic mass is 9.71. The van der Waals surface area contributed by atoms with Crippen LogP contribution in [0.2, 0.25) is 0 Å².